The minimum absolute atomic E-state index is 0.0689. The highest BCUT2D eigenvalue weighted by Gasteiger charge is 2.34. The lowest BCUT2D eigenvalue weighted by molar-refractivity contribution is -0.0657. The van der Waals surface area contributed by atoms with Crippen LogP contribution in [-0.4, -0.2) is 48.1 Å². The maximum Gasteiger partial charge on any atom is 0.335 e. The van der Waals surface area contributed by atoms with Gasteiger partial charge < -0.3 is 9.84 Å². The van der Waals surface area contributed by atoms with Crippen molar-refractivity contribution in [3.8, 4) is 5.75 Å². The number of rotatable bonds is 5. The van der Waals surface area contributed by atoms with Crippen LogP contribution < -0.4 is 4.74 Å². The van der Waals surface area contributed by atoms with E-state index < -0.39 is 17.7 Å². The zero-order valence-corrected chi connectivity index (χ0v) is 11.3. The van der Waals surface area contributed by atoms with Crippen molar-refractivity contribution in [2.45, 2.75) is 18.8 Å². The normalized spacial score (nSPS) is 18.4. The highest BCUT2D eigenvalue weighted by atomic mass is 19.3. The number of ether oxygens (including phenoxy) is 1. The number of alkyl halides is 2. The van der Waals surface area contributed by atoms with E-state index in [4.69, 9.17) is 9.84 Å². The number of carbonyl (C=O) groups is 1. The fraction of sp³-hybridized carbons (Fsp3) is 0.500. The molecule has 7 heteroatoms. The van der Waals surface area contributed by atoms with Crippen molar-refractivity contribution < 1.29 is 27.8 Å². The Balaban J connectivity index is 1.85. The molecule has 0 amide bonds. The number of aromatic carboxylic acids is 1. The third kappa shape index (κ3) is 4.35. The molecule has 0 saturated carbocycles. The molecule has 0 aliphatic carbocycles. The van der Waals surface area contributed by atoms with Gasteiger partial charge in [0.1, 0.15) is 6.61 Å². The van der Waals surface area contributed by atoms with Crippen molar-refractivity contribution in [1.82, 2.24) is 4.90 Å². The summed E-state index contributed by atoms with van der Waals surface area (Å²) in [6, 6.07) is 3.33. The Morgan fingerprint density at radius 2 is 2.19 bits per heavy atom. The van der Waals surface area contributed by atoms with Crippen LogP contribution in [0.15, 0.2) is 18.2 Å². The van der Waals surface area contributed by atoms with Crippen LogP contribution in [0.5, 0.6) is 5.75 Å². The summed E-state index contributed by atoms with van der Waals surface area (Å²) in [5, 5.41) is 8.71. The monoisotopic (exact) mass is 303 g/mol. The van der Waals surface area contributed by atoms with Crippen molar-refractivity contribution in [3.63, 3.8) is 0 Å². The Bertz CT molecular complexity index is 522. The molecule has 0 radical (unpaired) electrons. The molecule has 21 heavy (non-hydrogen) atoms. The number of hydrogen-bond acceptors (Lipinski definition) is 3. The molecular weight excluding hydrogens is 287 g/mol. The molecule has 0 spiro atoms. The van der Waals surface area contributed by atoms with Gasteiger partial charge in [0, 0.05) is 13.0 Å². The predicted molar refractivity (Wildman–Crippen MR) is 69.5 cm³/mol. The van der Waals surface area contributed by atoms with E-state index in [9.17, 15) is 18.0 Å². The van der Waals surface area contributed by atoms with Gasteiger partial charge in [0.15, 0.2) is 11.6 Å². The van der Waals surface area contributed by atoms with Crippen molar-refractivity contribution in [2.24, 2.45) is 0 Å². The second-order valence-corrected chi connectivity index (χ2v) is 5.03. The quantitative estimate of drug-likeness (QED) is 0.908. The SMILES string of the molecule is O=C(O)c1ccc(OCCN2CCCC(F)(F)C2)c(F)c1. The third-order valence-electron chi connectivity index (χ3n) is 3.32. The third-order valence-corrected chi connectivity index (χ3v) is 3.32. The van der Waals surface area contributed by atoms with E-state index in [1.54, 1.807) is 4.90 Å². The van der Waals surface area contributed by atoms with Crippen molar-refractivity contribution in [2.75, 3.05) is 26.2 Å². The number of piperidine rings is 1. The summed E-state index contributed by atoms with van der Waals surface area (Å²) >= 11 is 0. The van der Waals surface area contributed by atoms with Crippen LogP contribution in [0.4, 0.5) is 13.2 Å². The topological polar surface area (TPSA) is 49.8 Å². The van der Waals surface area contributed by atoms with Crippen LogP contribution in [0.25, 0.3) is 0 Å². The molecule has 0 unspecified atom stereocenters. The van der Waals surface area contributed by atoms with Gasteiger partial charge in [0.05, 0.1) is 12.1 Å². The number of hydrogen-bond donors (Lipinski definition) is 1. The molecule has 2 rings (SSSR count). The Kier molecular flexibility index (Phi) is 4.72. The smallest absolute Gasteiger partial charge is 0.335 e. The zero-order chi connectivity index (χ0) is 15.5. The van der Waals surface area contributed by atoms with E-state index in [0.717, 1.165) is 6.07 Å². The number of likely N-dealkylation sites (tertiary alicyclic amines) is 1. The molecule has 1 fully saturated rings. The standard InChI is InChI=1S/C14H16F3NO3/c15-11-8-10(13(19)20)2-3-12(11)21-7-6-18-5-1-4-14(16,17)9-18/h2-3,8H,1,4-7,9H2,(H,19,20). The minimum Gasteiger partial charge on any atom is -0.489 e. The van der Waals surface area contributed by atoms with Crippen molar-refractivity contribution in [3.05, 3.63) is 29.6 Å². The van der Waals surface area contributed by atoms with Crippen LogP contribution in [0, 0.1) is 5.82 Å². The molecule has 1 heterocycles. The van der Waals surface area contributed by atoms with Gasteiger partial charge in [-0.15, -0.1) is 0 Å². The van der Waals surface area contributed by atoms with Gasteiger partial charge in [-0.3, -0.25) is 4.90 Å². The molecule has 4 nitrogen and oxygen atoms in total. The van der Waals surface area contributed by atoms with Gasteiger partial charge in [-0.25, -0.2) is 18.0 Å². The van der Waals surface area contributed by atoms with Crippen LogP contribution in [0.3, 0.4) is 0 Å². The number of carboxylic acids is 1. The largest absolute Gasteiger partial charge is 0.489 e. The van der Waals surface area contributed by atoms with Crippen molar-refractivity contribution >= 4 is 5.97 Å². The molecular formula is C14H16F3NO3. The fourth-order valence-corrected chi connectivity index (χ4v) is 2.27. The summed E-state index contributed by atoms with van der Waals surface area (Å²) in [4.78, 5) is 12.2. The summed E-state index contributed by atoms with van der Waals surface area (Å²) in [5.74, 6) is -4.76. The van der Waals surface area contributed by atoms with E-state index in [0.29, 0.717) is 13.0 Å². The average molecular weight is 303 g/mol. The molecule has 1 N–H and O–H groups in total. The summed E-state index contributed by atoms with van der Waals surface area (Å²) in [5.41, 5.74) is -0.171. The summed E-state index contributed by atoms with van der Waals surface area (Å²) in [6.45, 7) is 0.602. The van der Waals surface area contributed by atoms with E-state index in [2.05, 4.69) is 0 Å². The number of halogens is 3. The predicted octanol–water partition coefficient (Wildman–Crippen LogP) is 2.63. The summed E-state index contributed by atoms with van der Waals surface area (Å²) in [6.07, 6.45) is 0.324. The summed E-state index contributed by atoms with van der Waals surface area (Å²) < 4.78 is 45.1. The van der Waals surface area contributed by atoms with Gasteiger partial charge in [0.2, 0.25) is 0 Å². The molecule has 1 aliphatic rings. The van der Waals surface area contributed by atoms with Crippen molar-refractivity contribution in [1.29, 1.82) is 0 Å². The first-order chi connectivity index (χ1) is 9.87. The zero-order valence-electron chi connectivity index (χ0n) is 11.3. The van der Waals surface area contributed by atoms with E-state index in [-0.39, 0.29) is 37.4 Å². The first-order valence-electron chi connectivity index (χ1n) is 6.63. The Labute approximate surface area is 120 Å². The van der Waals surface area contributed by atoms with Gasteiger partial charge in [-0.1, -0.05) is 0 Å². The van der Waals surface area contributed by atoms with Crippen LogP contribution in [0.1, 0.15) is 23.2 Å². The van der Waals surface area contributed by atoms with Crippen LogP contribution in [-0.2, 0) is 0 Å². The van der Waals surface area contributed by atoms with E-state index >= 15 is 0 Å². The lowest BCUT2D eigenvalue weighted by atomic mass is 10.1. The lowest BCUT2D eigenvalue weighted by Gasteiger charge is -2.32. The molecule has 0 aromatic heterocycles. The second kappa shape index (κ2) is 6.34. The van der Waals surface area contributed by atoms with Gasteiger partial charge in [-0.2, -0.15) is 0 Å². The highest BCUT2D eigenvalue weighted by molar-refractivity contribution is 5.87. The maximum absolute atomic E-state index is 13.6. The lowest BCUT2D eigenvalue weighted by Crippen LogP contribution is -2.44. The van der Waals surface area contributed by atoms with Gasteiger partial charge in [0.25, 0.3) is 5.92 Å². The minimum atomic E-state index is -2.67. The molecule has 116 valence electrons. The summed E-state index contributed by atoms with van der Waals surface area (Å²) in [7, 11) is 0. The van der Waals surface area contributed by atoms with Crippen LogP contribution in [0.2, 0.25) is 0 Å². The Hall–Kier alpha value is -1.76. The Morgan fingerprint density at radius 1 is 1.43 bits per heavy atom. The first kappa shape index (κ1) is 15.6. The van der Waals surface area contributed by atoms with Crippen LogP contribution >= 0.6 is 0 Å². The first-order valence-corrected chi connectivity index (χ1v) is 6.63. The molecule has 1 saturated heterocycles. The van der Waals surface area contributed by atoms with E-state index in [1.807, 2.05) is 0 Å². The molecule has 0 atom stereocenters. The number of nitrogens with zero attached hydrogens (tertiary/aromatic N) is 1. The Morgan fingerprint density at radius 3 is 2.81 bits per heavy atom. The molecule has 1 aliphatic heterocycles. The fourth-order valence-electron chi connectivity index (χ4n) is 2.27. The van der Waals surface area contributed by atoms with Gasteiger partial charge >= 0.3 is 5.97 Å². The highest BCUT2D eigenvalue weighted by Crippen LogP contribution is 2.26. The maximum atomic E-state index is 13.6. The second-order valence-electron chi connectivity index (χ2n) is 5.03. The molecule has 0 bridgehead atoms. The molecule has 1 aromatic rings. The molecule has 1 aromatic carbocycles. The number of benzene rings is 1. The average Bonchev–Trinajstić information content (AvgIpc) is 2.39. The van der Waals surface area contributed by atoms with Gasteiger partial charge in [-0.05, 0) is 31.2 Å². The number of carboxylic acid groups (broad SMARTS) is 1. The van der Waals surface area contributed by atoms with E-state index in [1.165, 1.54) is 12.1 Å².